The number of pyridine rings is 1. The molecule has 1 aliphatic heterocycles. The zero-order valence-corrected chi connectivity index (χ0v) is 10.1. The van der Waals surface area contributed by atoms with Crippen LogP contribution in [0.2, 0.25) is 5.02 Å². The van der Waals surface area contributed by atoms with Gasteiger partial charge in [0, 0.05) is 25.4 Å². The van der Waals surface area contributed by atoms with E-state index in [2.05, 4.69) is 9.88 Å². The second-order valence-electron chi connectivity index (χ2n) is 4.07. The molecule has 1 saturated heterocycles. The number of rotatable bonds is 7. The van der Waals surface area contributed by atoms with Crippen molar-refractivity contribution in [3.8, 4) is 5.88 Å². The third-order valence-corrected chi connectivity index (χ3v) is 2.83. The van der Waals surface area contributed by atoms with Crippen LogP contribution in [0.4, 0.5) is 0 Å². The van der Waals surface area contributed by atoms with Gasteiger partial charge in [-0.3, -0.25) is 0 Å². The fraction of sp³-hybridized carbons (Fsp3) is 0.583. The van der Waals surface area contributed by atoms with Crippen molar-refractivity contribution in [1.29, 1.82) is 0 Å². The van der Waals surface area contributed by atoms with E-state index >= 15 is 0 Å². The van der Waals surface area contributed by atoms with Crippen LogP contribution in [0.5, 0.6) is 5.88 Å². The van der Waals surface area contributed by atoms with Crippen molar-refractivity contribution in [3.05, 3.63) is 23.4 Å². The standard InChI is InChI=1S/C12H17ClN2O/c13-11-4-5-12(14-10-11)16-9-3-1-2-6-15-7-8-15/h4-5,10H,1-3,6-9H2. The Morgan fingerprint density at radius 1 is 1.25 bits per heavy atom. The highest BCUT2D eigenvalue weighted by atomic mass is 35.5. The largest absolute Gasteiger partial charge is 0.478 e. The Kier molecular flexibility index (Phi) is 4.43. The van der Waals surface area contributed by atoms with E-state index in [1.807, 2.05) is 0 Å². The lowest BCUT2D eigenvalue weighted by atomic mass is 10.2. The molecule has 0 aliphatic carbocycles. The minimum absolute atomic E-state index is 0.644. The van der Waals surface area contributed by atoms with Gasteiger partial charge in [0.2, 0.25) is 5.88 Å². The van der Waals surface area contributed by atoms with Crippen molar-refractivity contribution in [2.45, 2.75) is 19.3 Å². The highest BCUT2D eigenvalue weighted by Crippen LogP contribution is 2.12. The van der Waals surface area contributed by atoms with Gasteiger partial charge in [0.25, 0.3) is 0 Å². The summed E-state index contributed by atoms with van der Waals surface area (Å²) < 4.78 is 5.50. The normalized spacial score (nSPS) is 15.1. The third kappa shape index (κ3) is 4.37. The SMILES string of the molecule is Clc1ccc(OCCCCCN2CC2)nc1. The van der Waals surface area contributed by atoms with Crippen LogP contribution < -0.4 is 4.74 Å². The molecule has 1 aromatic rings. The number of ether oxygens (including phenoxy) is 1. The Bertz CT molecular complexity index is 311. The Labute approximate surface area is 101 Å². The number of nitrogens with zero attached hydrogens (tertiary/aromatic N) is 2. The van der Waals surface area contributed by atoms with Gasteiger partial charge in [-0.2, -0.15) is 0 Å². The van der Waals surface area contributed by atoms with Crippen LogP contribution in [-0.2, 0) is 0 Å². The molecule has 0 N–H and O–H groups in total. The summed E-state index contributed by atoms with van der Waals surface area (Å²) in [6.45, 7) is 4.59. The molecule has 3 nitrogen and oxygen atoms in total. The zero-order valence-electron chi connectivity index (χ0n) is 9.36. The summed E-state index contributed by atoms with van der Waals surface area (Å²) >= 11 is 5.73. The van der Waals surface area contributed by atoms with Crippen LogP contribution in [0.25, 0.3) is 0 Å². The van der Waals surface area contributed by atoms with Crippen molar-refractivity contribution in [2.75, 3.05) is 26.2 Å². The van der Waals surface area contributed by atoms with Crippen molar-refractivity contribution in [3.63, 3.8) is 0 Å². The van der Waals surface area contributed by atoms with Gasteiger partial charge in [0.1, 0.15) is 0 Å². The summed E-state index contributed by atoms with van der Waals surface area (Å²) in [7, 11) is 0. The van der Waals surface area contributed by atoms with E-state index in [0.29, 0.717) is 10.9 Å². The molecule has 1 aliphatic rings. The van der Waals surface area contributed by atoms with Crippen molar-refractivity contribution in [2.24, 2.45) is 0 Å². The molecule has 0 unspecified atom stereocenters. The van der Waals surface area contributed by atoms with Gasteiger partial charge in [-0.15, -0.1) is 0 Å². The molecule has 0 atom stereocenters. The first-order chi connectivity index (χ1) is 7.84. The molecule has 2 rings (SSSR count). The summed E-state index contributed by atoms with van der Waals surface area (Å²) in [5, 5.41) is 0.644. The van der Waals surface area contributed by atoms with Crippen LogP contribution in [-0.4, -0.2) is 36.1 Å². The lowest BCUT2D eigenvalue weighted by Crippen LogP contribution is -2.02. The maximum absolute atomic E-state index is 5.73. The summed E-state index contributed by atoms with van der Waals surface area (Å²) in [5.74, 6) is 0.662. The van der Waals surface area contributed by atoms with Gasteiger partial charge < -0.3 is 9.64 Å². The predicted molar refractivity (Wildman–Crippen MR) is 65.0 cm³/mol. The monoisotopic (exact) mass is 240 g/mol. The predicted octanol–water partition coefficient (Wildman–Crippen LogP) is 2.60. The molecule has 1 aromatic heterocycles. The van der Waals surface area contributed by atoms with E-state index in [0.717, 1.165) is 13.0 Å². The Hall–Kier alpha value is -0.800. The Balaban J connectivity index is 1.51. The molecular weight excluding hydrogens is 224 g/mol. The molecule has 0 radical (unpaired) electrons. The number of halogens is 1. The molecule has 88 valence electrons. The number of unbranched alkanes of at least 4 members (excludes halogenated alkanes) is 2. The first kappa shape index (κ1) is 11.7. The number of aromatic nitrogens is 1. The van der Waals surface area contributed by atoms with Gasteiger partial charge in [0.05, 0.1) is 11.6 Å². The minimum atomic E-state index is 0.644. The summed E-state index contributed by atoms with van der Waals surface area (Å²) in [6.07, 6.45) is 5.21. The van der Waals surface area contributed by atoms with E-state index in [1.54, 1.807) is 18.3 Å². The molecule has 0 spiro atoms. The summed E-state index contributed by atoms with van der Waals surface area (Å²) in [5.41, 5.74) is 0. The maximum Gasteiger partial charge on any atom is 0.213 e. The van der Waals surface area contributed by atoms with Crippen molar-refractivity contribution < 1.29 is 4.74 Å². The summed E-state index contributed by atoms with van der Waals surface area (Å²) in [4.78, 5) is 6.52. The van der Waals surface area contributed by atoms with E-state index in [9.17, 15) is 0 Å². The highest BCUT2D eigenvalue weighted by Gasteiger charge is 2.15. The van der Waals surface area contributed by atoms with Crippen LogP contribution in [0.1, 0.15) is 19.3 Å². The Morgan fingerprint density at radius 3 is 2.81 bits per heavy atom. The molecule has 0 amide bonds. The van der Waals surface area contributed by atoms with Gasteiger partial charge in [0.15, 0.2) is 0 Å². The molecule has 4 heteroatoms. The molecule has 0 bridgehead atoms. The average Bonchev–Trinajstić information content (AvgIpc) is 3.10. The van der Waals surface area contributed by atoms with E-state index in [-0.39, 0.29) is 0 Å². The average molecular weight is 241 g/mol. The number of hydrogen-bond acceptors (Lipinski definition) is 3. The van der Waals surface area contributed by atoms with E-state index in [1.165, 1.54) is 32.5 Å². The van der Waals surface area contributed by atoms with E-state index in [4.69, 9.17) is 16.3 Å². The second kappa shape index (κ2) is 6.06. The maximum atomic E-state index is 5.73. The van der Waals surface area contributed by atoms with Gasteiger partial charge in [-0.05, 0) is 31.9 Å². The number of hydrogen-bond donors (Lipinski definition) is 0. The highest BCUT2D eigenvalue weighted by molar-refractivity contribution is 6.30. The molecule has 0 saturated carbocycles. The molecule has 0 aromatic carbocycles. The summed E-state index contributed by atoms with van der Waals surface area (Å²) in [6, 6.07) is 3.60. The van der Waals surface area contributed by atoms with Crippen LogP contribution in [0.3, 0.4) is 0 Å². The topological polar surface area (TPSA) is 25.1 Å². The second-order valence-corrected chi connectivity index (χ2v) is 4.50. The Morgan fingerprint density at radius 2 is 2.12 bits per heavy atom. The van der Waals surface area contributed by atoms with Crippen molar-refractivity contribution in [1.82, 2.24) is 9.88 Å². The lowest BCUT2D eigenvalue weighted by Gasteiger charge is -2.05. The fourth-order valence-electron chi connectivity index (χ4n) is 1.53. The molecular formula is C12H17ClN2O. The van der Waals surface area contributed by atoms with Crippen molar-refractivity contribution >= 4 is 11.6 Å². The van der Waals surface area contributed by atoms with Gasteiger partial charge in [-0.25, -0.2) is 4.98 Å². The van der Waals surface area contributed by atoms with Gasteiger partial charge >= 0.3 is 0 Å². The first-order valence-electron chi connectivity index (χ1n) is 5.81. The zero-order chi connectivity index (χ0) is 11.2. The molecule has 1 fully saturated rings. The quantitative estimate of drug-likeness (QED) is 0.541. The fourth-order valence-corrected chi connectivity index (χ4v) is 1.64. The van der Waals surface area contributed by atoms with Crippen LogP contribution in [0, 0.1) is 0 Å². The molecule has 16 heavy (non-hydrogen) atoms. The first-order valence-corrected chi connectivity index (χ1v) is 6.19. The lowest BCUT2D eigenvalue weighted by molar-refractivity contribution is 0.292. The minimum Gasteiger partial charge on any atom is -0.478 e. The van der Waals surface area contributed by atoms with Crippen LogP contribution in [0.15, 0.2) is 18.3 Å². The van der Waals surface area contributed by atoms with Gasteiger partial charge in [-0.1, -0.05) is 11.6 Å². The molecule has 2 heterocycles. The van der Waals surface area contributed by atoms with Crippen LogP contribution >= 0.6 is 11.6 Å². The van der Waals surface area contributed by atoms with E-state index < -0.39 is 0 Å². The third-order valence-electron chi connectivity index (χ3n) is 2.61. The smallest absolute Gasteiger partial charge is 0.213 e.